The van der Waals surface area contributed by atoms with Gasteiger partial charge in [0, 0.05) is 10.4 Å². The van der Waals surface area contributed by atoms with E-state index in [1.807, 2.05) is 64.1 Å². The Bertz CT molecular complexity index is 1150. The molecular weight excluding hydrogens is 396 g/mol. The highest BCUT2D eigenvalue weighted by molar-refractivity contribution is 7.16. The number of Topliss-reactive ketones (excluding diaryl/α,β-unsaturated/α-hetero) is 1. The number of thiazole rings is 1. The summed E-state index contributed by atoms with van der Waals surface area (Å²) in [5.41, 5.74) is 4.25. The average Bonchev–Trinajstić information content (AvgIpc) is 3.18. The van der Waals surface area contributed by atoms with E-state index in [1.165, 1.54) is 16.2 Å². The van der Waals surface area contributed by atoms with Crippen LogP contribution in [-0.2, 0) is 9.59 Å². The predicted molar refractivity (Wildman–Crippen MR) is 119 cm³/mol. The lowest BCUT2D eigenvalue weighted by Gasteiger charge is -2.23. The van der Waals surface area contributed by atoms with Crippen molar-refractivity contribution in [1.82, 2.24) is 4.98 Å². The number of nitrogens with zero attached hydrogens (tertiary/aromatic N) is 2. The molecule has 152 valence electrons. The maximum Gasteiger partial charge on any atom is 0.301 e. The van der Waals surface area contributed by atoms with Crippen LogP contribution in [0.4, 0.5) is 5.13 Å². The molecule has 1 aliphatic heterocycles. The number of ketones is 1. The van der Waals surface area contributed by atoms with Gasteiger partial charge in [-0.25, -0.2) is 4.98 Å². The van der Waals surface area contributed by atoms with Crippen molar-refractivity contribution in [3.05, 3.63) is 86.9 Å². The zero-order chi connectivity index (χ0) is 21.6. The molecule has 1 amide bonds. The van der Waals surface area contributed by atoms with Crippen LogP contribution in [0.3, 0.4) is 0 Å². The highest BCUT2D eigenvalue weighted by Crippen LogP contribution is 2.43. The fourth-order valence-electron chi connectivity index (χ4n) is 3.52. The van der Waals surface area contributed by atoms with Crippen LogP contribution in [0, 0.1) is 27.7 Å². The van der Waals surface area contributed by atoms with E-state index >= 15 is 0 Å². The van der Waals surface area contributed by atoms with E-state index in [4.69, 9.17) is 0 Å². The van der Waals surface area contributed by atoms with E-state index in [9.17, 15) is 14.7 Å². The number of hydrogen-bond donors (Lipinski definition) is 1. The number of hydrogen-bond acceptors (Lipinski definition) is 5. The standard InChI is InChI=1S/C24H22N2O3S/c1-13-5-9-17(10-6-13)20-19(21(27)18-11-7-14(2)8-12-18)22(28)23(29)26(20)24-25-15(3)16(4)30-24/h5-12,20,27H,1-4H3/b21-19+/t20-/m1/s1. The lowest BCUT2D eigenvalue weighted by Crippen LogP contribution is -2.29. The third kappa shape index (κ3) is 3.33. The van der Waals surface area contributed by atoms with Crippen LogP contribution >= 0.6 is 11.3 Å². The molecule has 0 spiro atoms. The third-order valence-electron chi connectivity index (χ3n) is 5.39. The summed E-state index contributed by atoms with van der Waals surface area (Å²) in [6.45, 7) is 7.72. The molecule has 2 aromatic carbocycles. The van der Waals surface area contributed by atoms with Crippen molar-refractivity contribution in [2.75, 3.05) is 4.90 Å². The van der Waals surface area contributed by atoms with Crippen LogP contribution in [0.15, 0.2) is 54.1 Å². The molecule has 1 aliphatic rings. The van der Waals surface area contributed by atoms with Gasteiger partial charge < -0.3 is 5.11 Å². The quantitative estimate of drug-likeness (QED) is 0.369. The van der Waals surface area contributed by atoms with Crippen LogP contribution in [0.1, 0.15) is 38.9 Å². The van der Waals surface area contributed by atoms with Gasteiger partial charge in [0.05, 0.1) is 17.3 Å². The Labute approximate surface area is 179 Å². The zero-order valence-electron chi connectivity index (χ0n) is 17.3. The highest BCUT2D eigenvalue weighted by Gasteiger charge is 2.48. The number of rotatable bonds is 3. The van der Waals surface area contributed by atoms with Gasteiger partial charge in [0.15, 0.2) is 5.13 Å². The largest absolute Gasteiger partial charge is 0.507 e. The Morgan fingerprint density at radius 3 is 2.03 bits per heavy atom. The normalized spacial score (nSPS) is 18.3. The Morgan fingerprint density at radius 1 is 0.933 bits per heavy atom. The van der Waals surface area contributed by atoms with E-state index in [2.05, 4.69) is 4.98 Å². The van der Waals surface area contributed by atoms with Gasteiger partial charge in [-0.3, -0.25) is 14.5 Å². The Balaban J connectivity index is 1.94. The first kappa shape index (κ1) is 20.0. The number of carbonyl (C=O) groups is 2. The molecule has 6 heteroatoms. The van der Waals surface area contributed by atoms with Gasteiger partial charge in [-0.15, -0.1) is 11.3 Å². The van der Waals surface area contributed by atoms with Crippen LogP contribution in [-0.4, -0.2) is 21.8 Å². The lowest BCUT2D eigenvalue weighted by molar-refractivity contribution is -0.132. The summed E-state index contributed by atoms with van der Waals surface area (Å²) in [7, 11) is 0. The Kier molecular flexibility index (Phi) is 5.03. The number of aryl methyl sites for hydroxylation is 4. The third-order valence-corrected chi connectivity index (χ3v) is 6.46. The smallest absolute Gasteiger partial charge is 0.301 e. The number of aromatic nitrogens is 1. The molecule has 0 aliphatic carbocycles. The van der Waals surface area contributed by atoms with Gasteiger partial charge in [0.25, 0.3) is 5.78 Å². The molecule has 4 rings (SSSR count). The van der Waals surface area contributed by atoms with E-state index < -0.39 is 17.7 Å². The molecule has 1 atom stereocenters. The van der Waals surface area contributed by atoms with E-state index in [1.54, 1.807) is 12.1 Å². The molecule has 2 heterocycles. The van der Waals surface area contributed by atoms with Gasteiger partial charge >= 0.3 is 5.91 Å². The molecule has 1 saturated heterocycles. The van der Waals surface area contributed by atoms with Crippen molar-refractivity contribution < 1.29 is 14.7 Å². The van der Waals surface area contributed by atoms with E-state index in [0.717, 1.165) is 27.3 Å². The van der Waals surface area contributed by atoms with Crippen molar-refractivity contribution in [1.29, 1.82) is 0 Å². The summed E-state index contributed by atoms with van der Waals surface area (Å²) in [6, 6.07) is 14.1. The Hall–Kier alpha value is -3.25. The predicted octanol–water partition coefficient (Wildman–Crippen LogP) is 5.00. The maximum atomic E-state index is 13.1. The number of aliphatic hydroxyl groups is 1. The molecule has 1 N–H and O–H groups in total. The Morgan fingerprint density at radius 2 is 1.50 bits per heavy atom. The second kappa shape index (κ2) is 7.54. The number of amides is 1. The topological polar surface area (TPSA) is 70.5 Å². The van der Waals surface area contributed by atoms with Crippen molar-refractivity contribution in [3.8, 4) is 0 Å². The first-order chi connectivity index (χ1) is 14.3. The molecule has 30 heavy (non-hydrogen) atoms. The fourth-order valence-corrected chi connectivity index (χ4v) is 4.46. The SMILES string of the molecule is Cc1ccc(/C(O)=C2\C(=O)C(=O)N(c3nc(C)c(C)s3)[C@@H]2c2ccc(C)cc2)cc1. The number of carbonyl (C=O) groups excluding carboxylic acids is 2. The van der Waals surface area contributed by atoms with Crippen LogP contribution in [0.2, 0.25) is 0 Å². The molecule has 1 fully saturated rings. The molecular formula is C24H22N2O3S. The second-order valence-electron chi connectivity index (χ2n) is 7.58. The van der Waals surface area contributed by atoms with Crippen molar-refractivity contribution >= 4 is 33.9 Å². The van der Waals surface area contributed by atoms with Crippen LogP contribution < -0.4 is 4.90 Å². The minimum atomic E-state index is -0.739. The summed E-state index contributed by atoms with van der Waals surface area (Å²) < 4.78 is 0. The fraction of sp³-hybridized carbons (Fsp3) is 0.208. The zero-order valence-corrected chi connectivity index (χ0v) is 18.1. The molecule has 0 saturated carbocycles. The molecule has 0 unspecified atom stereocenters. The van der Waals surface area contributed by atoms with Crippen molar-refractivity contribution in [2.45, 2.75) is 33.7 Å². The van der Waals surface area contributed by atoms with Crippen molar-refractivity contribution in [2.24, 2.45) is 0 Å². The van der Waals surface area contributed by atoms with E-state index in [-0.39, 0.29) is 11.3 Å². The van der Waals surface area contributed by atoms with Crippen LogP contribution in [0.25, 0.3) is 5.76 Å². The summed E-state index contributed by atoms with van der Waals surface area (Å²) in [4.78, 5) is 33.1. The minimum absolute atomic E-state index is 0.0817. The van der Waals surface area contributed by atoms with Crippen LogP contribution in [0.5, 0.6) is 0 Å². The molecule has 0 radical (unpaired) electrons. The number of anilines is 1. The van der Waals surface area contributed by atoms with Gasteiger partial charge in [0.1, 0.15) is 5.76 Å². The molecule has 5 nitrogen and oxygen atoms in total. The molecule has 0 bridgehead atoms. The minimum Gasteiger partial charge on any atom is -0.507 e. The average molecular weight is 419 g/mol. The first-order valence-corrected chi connectivity index (χ1v) is 10.5. The summed E-state index contributed by atoms with van der Waals surface area (Å²) in [5.74, 6) is -1.56. The lowest BCUT2D eigenvalue weighted by atomic mass is 9.94. The van der Waals surface area contributed by atoms with Crippen molar-refractivity contribution in [3.63, 3.8) is 0 Å². The maximum absolute atomic E-state index is 13.1. The van der Waals surface area contributed by atoms with E-state index in [0.29, 0.717) is 10.7 Å². The molecule has 3 aromatic rings. The monoisotopic (exact) mass is 418 g/mol. The van der Waals surface area contributed by atoms with Gasteiger partial charge in [-0.2, -0.15) is 0 Å². The van der Waals surface area contributed by atoms with Gasteiger partial charge in [0.2, 0.25) is 0 Å². The number of benzene rings is 2. The summed E-state index contributed by atoms with van der Waals surface area (Å²) in [6.07, 6.45) is 0. The van der Waals surface area contributed by atoms with Gasteiger partial charge in [-0.05, 0) is 33.3 Å². The second-order valence-corrected chi connectivity index (χ2v) is 8.77. The number of aliphatic hydroxyl groups excluding tert-OH is 1. The first-order valence-electron chi connectivity index (χ1n) is 9.66. The highest BCUT2D eigenvalue weighted by atomic mass is 32.1. The summed E-state index contributed by atoms with van der Waals surface area (Å²) in [5, 5.41) is 11.5. The van der Waals surface area contributed by atoms with Gasteiger partial charge in [-0.1, -0.05) is 59.7 Å². The molecule has 1 aromatic heterocycles. The summed E-state index contributed by atoms with van der Waals surface area (Å²) >= 11 is 1.37.